The minimum Gasteiger partial charge on any atom is -0.385 e. The van der Waals surface area contributed by atoms with Gasteiger partial charge in [0.05, 0.1) is 17.6 Å². The van der Waals surface area contributed by atoms with E-state index in [1.165, 1.54) is 0 Å². The maximum Gasteiger partial charge on any atom is 0.276 e. The molecule has 2 aromatic rings. The van der Waals surface area contributed by atoms with Gasteiger partial charge in [0.25, 0.3) is 5.91 Å². The maximum absolute atomic E-state index is 13.3. The van der Waals surface area contributed by atoms with Crippen molar-refractivity contribution in [2.75, 3.05) is 33.9 Å². The first-order valence-electron chi connectivity index (χ1n) is 10.1. The summed E-state index contributed by atoms with van der Waals surface area (Å²) in [6.45, 7) is 3.79. The second kappa shape index (κ2) is 8.23. The number of hydrogen-bond donors (Lipinski definition) is 0. The van der Waals surface area contributed by atoms with Crippen LogP contribution in [0.2, 0.25) is 0 Å². The van der Waals surface area contributed by atoms with Gasteiger partial charge in [-0.1, -0.05) is 10.3 Å². The van der Waals surface area contributed by atoms with Gasteiger partial charge in [-0.15, -0.1) is 0 Å². The average Bonchev–Trinajstić information content (AvgIpc) is 3.35. The van der Waals surface area contributed by atoms with E-state index in [4.69, 9.17) is 23.5 Å². The van der Waals surface area contributed by atoms with Crippen molar-refractivity contribution in [2.24, 2.45) is 0 Å². The molecule has 1 aliphatic heterocycles. The first-order chi connectivity index (χ1) is 14.1. The average molecular weight is 404 g/mol. The fourth-order valence-corrected chi connectivity index (χ4v) is 4.07. The van der Waals surface area contributed by atoms with Gasteiger partial charge in [-0.3, -0.25) is 4.79 Å². The van der Waals surface area contributed by atoms with Gasteiger partial charge in [0, 0.05) is 39.8 Å². The van der Waals surface area contributed by atoms with E-state index in [-0.39, 0.29) is 17.9 Å². The van der Waals surface area contributed by atoms with Crippen molar-refractivity contribution < 1.29 is 23.3 Å². The summed E-state index contributed by atoms with van der Waals surface area (Å²) in [5.41, 5.74) is 0.626. The Morgan fingerprint density at radius 2 is 2.07 bits per heavy atom. The minimum absolute atomic E-state index is 0.152. The molecule has 2 aliphatic rings. The number of methoxy groups -OCH3 is 2. The highest BCUT2D eigenvalue weighted by Crippen LogP contribution is 2.42. The highest BCUT2D eigenvalue weighted by molar-refractivity contribution is 5.94. The maximum atomic E-state index is 13.3. The Labute approximate surface area is 169 Å². The predicted octanol–water partition coefficient (Wildman–Crippen LogP) is 2.60. The van der Waals surface area contributed by atoms with Crippen molar-refractivity contribution in [1.82, 2.24) is 20.2 Å². The largest absolute Gasteiger partial charge is 0.385 e. The third kappa shape index (κ3) is 3.93. The molecule has 1 aliphatic carbocycles. The van der Waals surface area contributed by atoms with Crippen LogP contribution in [-0.2, 0) is 21.5 Å². The molecule has 9 nitrogen and oxygen atoms in total. The Bertz CT molecular complexity index is 859. The van der Waals surface area contributed by atoms with Crippen LogP contribution < -0.4 is 0 Å². The number of aryl methyl sites for hydroxylation is 1. The smallest absolute Gasteiger partial charge is 0.276 e. The van der Waals surface area contributed by atoms with Gasteiger partial charge in [0.2, 0.25) is 5.89 Å². The van der Waals surface area contributed by atoms with Gasteiger partial charge in [0.1, 0.15) is 5.76 Å². The number of hydrogen-bond acceptors (Lipinski definition) is 8. The molecule has 0 radical (unpaired) electrons. The summed E-state index contributed by atoms with van der Waals surface area (Å²) in [7, 11) is 3.27. The molecule has 0 aromatic carbocycles. The number of piperidine rings is 1. The number of amides is 1. The van der Waals surface area contributed by atoms with Crippen LogP contribution in [0.5, 0.6) is 0 Å². The van der Waals surface area contributed by atoms with Gasteiger partial charge >= 0.3 is 0 Å². The lowest BCUT2D eigenvalue weighted by Gasteiger charge is -2.40. The molecule has 1 amide bonds. The van der Waals surface area contributed by atoms with Gasteiger partial charge in [-0.2, -0.15) is 4.98 Å². The minimum atomic E-state index is -0.388. The van der Waals surface area contributed by atoms with Crippen LogP contribution in [-0.4, -0.2) is 60.0 Å². The van der Waals surface area contributed by atoms with E-state index < -0.39 is 0 Å². The van der Waals surface area contributed by atoms with Crippen LogP contribution in [0, 0.1) is 6.92 Å². The Morgan fingerprint density at radius 3 is 2.79 bits per heavy atom. The summed E-state index contributed by atoms with van der Waals surface area (Å²) in [5, 5.41) is 8.32. The van der Waals surface area contributed by atoms with Gasteiger partial charge < -0.3 is 23.4 Å². The van der Waals surface area contributed by atoms with Gasteiger partial charge in [-0.05, 0) is 39.0 Å². The van der Waals surface area contributed by atoms with Crippen LogP contribution >= 0.6 is 0 Å². The van der Waals surface area contributed by atoms with E-state index >= 15 is 0 Å². The molecule has 1 saturated heterocycles. The molecule has 1 unspecified atom stereocenters. The van der Waals surface area contributed by atoms with E-state index in [0.29, 0.717) is 48.5 Å². The molecule has 0 N–H and O–H groups in total. The highest BCUT2D eigenvalue weighted by Gasteiger charge is 2.44. The number of ether oxygens (including phenoxy) is 2. The lowest BCUT2D eigenvalue weighted by molar-refractivity contribution is 0.0554. The van der Waals surface area contributed by atoms with E-state index in [2.05, 4.69) is 10.3 Å². The molecule has 158 valence electrons. The molecule has 9 heteroatoms. The summed E-state index contributed by atoms with van der Waals surface area (Å²) in [6, 6.07) is 0. The third-order valence-electron chi connectivity index (χ3n) is 5.97. The summed E-state index contributed by atoms with van der Waals surface area (Å²) >= 11 is 0. The lowest BCUT2D eigenvalue weighted by atomic mass is 9.76. The number of nitrogens with zero attached hydrogens (tertiary/aromatic N) is 4. The standard InChI is InChI=1S/C20H28N4O5/c1-13-15(11-27-3)16(22-28-13)18(25)24-9-4-7-20(12-24,8-10-26-2)19-21-17(29-23-19)14-5-6-14/h14H,4-12H2,1-3H3. The number of rotatable bonds is 8. The molecule has 0 spiro atoms. The number of likely N-dealkylation sites (tertiary alicyclic amines) is 1. The molecule has 1 atom stereocenters. The number of carbonyl (C=O) groups is 1. The van der Waals surface area contributed by atoms with Crippen LogP contribution in [0.1, 0.15) is 71.5 Å². The Kier molecular flexibility index (Phi) is 5.69. The monoisotopic (exact) mass is 404 g/mol. The summed E-state index contributed by atoms with van der Waals surface area (Å²) in [5.74, 6) is 2.25. The van der Waals surface area contributed by atoms with Crippen LogP contribution in [0.25, 0.3) is 0 Å². The fraction of sp³-hybridized carbons (Fsp3) is 0.700. The zero-order chi connectivity index (χ0) is 20.4. The lowest BCUT2D eigenvalue weighted by Crippen LogP contribution is -2.49. The van der Waals surface area contributed by atoms with Gasteiger partial charge in [-0.25, -0.2) is 0 Å². The topological polar surface area (TPSA) is 104 Å². The first kappa shape index (κ1) is 20.0. The normalized spacial score (nSPS) is 22.2. The second-order valence-electron chi connectivity index (χ2n) is 8.08. The summed E-state index contributed by atoms with van der Waals surface area (Å²) in [4.78, 5) is 19.8. The third-order valence-corrected chi connectivity index (χ3v) is 5.97. The fourth-order valence-electron chi connectivity index (χ4n) is 4.07. The van der Waals surface area contributed by atoms with E-state index in [9.17, 15) is 4.79 Å². The molecule has 3 heterocycles. The Morgan fingerprint density at radius 1 is 1.24 bits per heavy atom. The first-order valence-corrected chi connectivity index (χ1v) is 10.1. The van der Waals surface area contributed by atoms with Crippen molar-refractivity contribution in [3.63, 3.8) is 0 Å². The van der Waals surface area contributed by atoms with Crippen LogP contribution in [0.15, 0.2) is 9.05 Å². The molecular formula is C20H28N4O5. The Balaban J connectivity index is 1.60. The van der Waals surface area contributed by atoms with E-state index in [1.807, 2.05) is 4.90 Å². The zero-order valence-corrected chi connectivity index (χ0v) is 17.3. The summed E-state index contributed by atoms with van der Waals surface area (Å²) < 4.78 is 21.4. The van der Waals surface area contributed by atoms with E-state index in [1.54, 1.807) is 21.1 Å². The predicted molar refractivity (Wildman–Crippen MR) is 102 cm³/mol. The SMILES string of the molecule is COCCC1(c2noc(C3CC3)n2)CCCN(C(=O)c2noc(C)c2COC)C1. The zero-order valence-electron chi connectivity index (χ0n) is 17.3. The molecule has 2 fully saturated rings. The highest BCUT2D eigenvalue weighted by atomic mass is 16.5. The Hall–Kier alpha value is -2.26. The molecule has 4 rings (SSSR count). The second-order valence-corrected chi connectivity index (χ2v) is 8.08. The molecular weight excluding hydrogens is 376 g/mol. The molecule has 1 saturated carbocycles. The van der Waals surface area contributed by atoms with Crippen molar-refractivity contribution in [2.45, 2.75) is 57.0 Å². The van der Waals surface area contributed by atoms with Gasteiger partial charge in [0.15, 0.2) is 11.5 Å². The quantitative estimate of drug-likeness (QED) is 0.661. The van der Waals surface area contributed by atoms with Crippen molar-refractivity contribution in [1.29, 1.82) is 0 Å². The summed E-state index contributed by atoms with van der Waals surface area (Å²) in [6.07, 6.45) is 4.65. The molecule has 0 bridgehead atoms. The van der Waals surface area contributed by atoms with Crippen molar-refractivity contribution in [3.8, 4) is 0 Å². The van der Waals surface area contributed by atoms with Crippen molar-refractivity contribution >= 4 is 5.91 Å². The van der Waals surface area contributed by atoms with Crippen LogP contribution in [0.4, 0.5) is 0 Å². The molecule has 2 aromatic heterocycles. The van der Waals surface area contributed by atoms with E-state index in [0.717, 1.165) is 38.0 Å². The molecule has 29 heavy (non-hydrogen) atoms. The van der Waals surface area contributed by atoms with Crippen molar-refractivity contribution in [3.05, 3.63) is 28.7 Å². The number of aromatic nitrogens is 3. The van der Waals surface area contributed by atoms with Crippen LogP contribution in [0.3, 0.4) is 0 Å². The number of carbonyl (C=O) groups excluding carboxylic acids is 1.